The number of likely N-dealkylation sites (tertiary alicyclic amines) is 1. The van der Waals surface area contributed by atoms with E-state index in [1.54, 1.807) is 4.90 Å². The molecule has 0 aromatic heterocycles. The summed E-state index contributed by atoms with van der Waals surface area (Å²) in [7, 11) is 0. The number of carboxylic acids is 1. The molecule has 2 aromatic carbocycles. The van der Waals surface area contributed by atoms with Crippen molar-refractivity contribution in [3.63, 3.8) is 0 Å². The van der Waals surface area contributed by atoms with E-state index in [0.717, 1.165) is 22.3 Å². The molecule has 7 nitrogen and oxygen atoms in total. The van der Waals surface area contributed by atoms with Gasteiger partial charge in [-0.25, -0.2) is 4.79 Å². The number of aliphatic carboxylic acids is 1. The number of rotatable bonds is 7. The minimum Gasteiger partial charge on any atom is -0.481 e. The van der Waals surface area contributed by atoms with Crippen molar-refractivity contribution in [1.82, 2.24) is 10.2 Å². The second kappa shape index (κ2) is 9.72. The molecule has 2 unspecified atom stereocenters. The number of hydrogen-bond acceptors (Lipinski definition) is 4. The van der Waals surface area contributed by atoms with Gasteiger partial charge >= 0.3 is 12.1 Å². The Bertz CT molecular complexity index is 1080. The van der Waals surface area contributed by atoms with Crippen LogP contribution in [0.15, 0.2) is 48.5 Å². The molecule has 2 aliphatic rings. The van der Waals surface area contributed by atoms with Crippen LogP contribution in [0.25, 0.3) is 11.1 Å². The van der Waals surface area contributed by atoms with Crippen LogP contribution < -0.4 is 5.32 Å². The number of carboxylic acid groups (broad SMARTS) is 1. The highest BCUT2D eigenvalue weighted by molar-refractivity contribution is 5.82. The van der Waals surface area contributed by atoms with E-state index in [2.05, 4.69) is 29.6 Å². The summed E-state index contributed by atoms with van der Waals surface area (Å²) in [6.45, 7) is 8.53. The van der Waals surface area contributed by atoms with Gasteiger partial charge in [0.15, 0.2) is 0 Å². The number of fused-ring (bicyclic) bond motifs is 3. The molecule has 1 saturated heterocycles. The van der Waals surface area contributed by atoms with Crippen molar-refractivity contribution in [2.75, 3.05) is 26.2 Å². The Kier molecular flexibility index (Phi) is 6.88. The Morgan fingerprint density at radius 1 is 1.06 bits per heavy atom. The summed E-state index contributed by atoms with van der Waals surface area (Å²) in [4.78, 5) is 39.1. The average molecular weight is 479 g/mol. The first-order valence-corrected chi connectivity index (χ1v) is 12.2. The van der Waals surface area contributed by atoms with Crippen LogP contribution in [-0.4, -0.2) is 54.2 Å². The summed E-state index contributed by atoms with van der Waals surface area (Å²) in [6, 6.07) is 16.3. The molecular formula is C28H34N2O5. The minimum atomic E-state index is -0.886. The molecule has 2 aromatic rings. The number of nitrogens with one attached hydrogen (secondary N) is 1. The zero-order chi connectivity index (χ0) is 25.3. The van der Waals surface area contributed by atoms with Crippen LogP contribution in [0, 0.1) is 23.2 Å². The van der Waals surface area contributed by atoms with Crippen molar-refractivity contribution >= 4 is 18.0 Å². The van der Waals surface area contributed by atoms with E-state index in [1.807, 2.05) is 52.0 Å². The number of carbonyl (C=O) groups excluding carboxylic acids is 2. The maximum Gasteiger partial charge on any atom is 0.407 e. The third-order valence-corrected chi connectivity index (χ3v) is 7.49. The van der Waals surface area contributed by atoms with Crippen molar-refractivity contribution in [2.24, 2.45) is 23.2 Å². The van der Waals surface area contributed by atoms with E-state index in [-0.39, 0.29) is 37.4 Å². The summed E-state index contributed by atoms with van der Waals surface area (Å²) >= 11 is 0. The van der Waals surface area contributed by atoms with Gasteiger partial charge in [-0.3, -0.25) is 9.59 Å². The van der Waals surface area contributed by atoms with Crippen LogP contribution in [-0.2, 0) is 14.3 Å². The van der Waals surface area contributed by atoms with Gasteiger partial charge in [0.1, 0.15) is 6.61 Å². The SMILES string of the molecule is CC(C)C(CNC(=O)OCC1c2ccccc2-c2ccccc21)C(=O)N1CC(C(=O)O)C(C)(C)C1. The molecule has 1 aliphatic carbocycles. The van der Waals surface area contributed by atoms with Gasteiger partial charge in [-0.2, -0.15) is 0 Å². The van der Waals surface area contributed by atoms with Gasteiger partial charge in [-0.05, 0) is 33.6 Å². The molecule has 0 saturated carbocycles. The van der Waals surface area contributed by atoms with Crippen LogP contribution >= 0.6 is 0 Å². The van der Waals surface area contributed by atoms with Crippen molar-refractivity contribution in [2.45, 2.75) is 33.6 Å². The summed E-state index contributed by atoms with van der Waals surface area (Å²) in [6.07, 6.45) is -0.560. The Labute approximate surface area is 206 Å². The number of amides is 2. The van der Waals surface area contributed by atoms with Gasteiger partial charge in [0, 0.05) is 25.6 Å². The van der Waals surface area contributed by atoms with Gasteiger partial charge in [-0.15, -0.1) is 0 Å². The number of hydrogen-bond donors (Lipinski definition) is 2. The minimum absolute atomic E-state index is 0.0247. The molecule has 2 N–H and O–H groups in total. The first-order valence-electron chi connectivity index (χ1n) is 12.2. The zero-order valence-corrected chi connectivity index (χ0v) is 20.8. The molecule has 35 heavy (non-hydrogen) atoms. The van der Waals surface area contributed by atoms with Crippen molar-refractivity contribution in [1.29, 1.82) is 0 Å². The van der Waals surface area contributed by atoms with Crippen LogP contribution in [0.2, 0.25) is 0 Å². The average Bonchev–Trinajstić information content (AvgIpc) is 3.31. The smallest absolute Gasteiger partial charge is 0.407 e. The van der Waals surface area contributed by atoms with Gasteiger partial charge in [0.05, 0.1) is 11.8 Å². The van der Waals surface area contributed by atoms with Gasteiger partial charge in [0.2, 0.25) is 5.91 Å². The maximum atomic E-state index is 13.2. The fourth-order valence-corrected chi connectivity index (χ4v) is 5.40. The fraction of sp³-hybridized carbons (Fsp3) is 0.464. The molecule has 0 radical (unpaired) electrons. The van der Waals surface area contributed by atoms with Crippen molar-refractivity contribution < 1.29 is 24.2 Å². The lowest BCUT2D eigenvalue weighted by Gasteiger charge is -2.27. The van der Waals surface area contributed by atoms with Crippen LogP contribution in [0.4, 0.5) is 4.79 Å². The molecule has 2 atom stereocenters. The van der Waals surface area contributed by atoms with E-state index < -0.39 is 29.3 Å². The number of carbonyl (C=O) groups is 3. The predicted octanol–water partition coefficient (Wildman–Crippen LogP) is 4.37. The Morgan fingerprint density at radius 2 is 1.63 bits per heavy atom. The highest BCUT2D eigenvalue weighted by Gasteiger charge is 2.46. The van der Waals surface area contributed by atoms with E-state index in [0.29, 0.717) is 6.54 Å². The maximum absolute atomic E-state index is 13.2. The van der Waals surface area contributed by atoms with Crippen LogP contribution in [0.3, 0.4) is 0 Å². The van der Waals surface area contributed by atoms with Crippen LogP contribution in [0.1, 0.15) is 44.7 Å². The molecule has 7 heteroatoms. The first kappa shape index (κ1) is 24.8. The van der Waals surface area contributed by atoms with E-state index in [4.69, 9.17) is 4.74 Å². The number of benzene rings is 2. The Morgan fingerprint density at radius 3 is 2.14 bits per heavy atom. The first-order chi connectivity index (χ1) is 16.6. The quantitative estimate of drug-likeness (QED) is 0.616. The summed E-state index contributed by atoms with van der Waals surface area (Å²) in [5.74, 6) is -2.13. The molecule has 2 amide bonds. The second-order valence-corrected chi connectivity index (χ2v) is 10.7. The molecule has 1 aliphatic heterocycles. The molecule has 4 rings (SSSR count). The lowest BCUT2D eigenvalue weighted by atomic mass is 9.82. The van der Waals surface area contributed by atoms with E-state index >= 15 is 0 Å². The Balaban J connectivity index is 1.36. The standard InChI is InChI=1S/C28H34N2O5/c1-17(2)22(25(31)30-14-24(26(32)33)28(3,4)16-30)13-29-27(34)35-15-23-20-11-7-5-9-18(20)19-10-6-8-12-21(19)23/h5-12,17,22-24H,13-16H2,1-4H3,(H,29,34)(H,32,33). The molecule has 0 bridgehead atoms. The van der Waals surface area contributed by atoms with Crippen molar-refractivity contribution in [3.8, 4) is 11.1 Å². The number of nitrogens with zero attached hydrogens (tertiary/aromatic N) is 1. The highest BCUT2D eigenvalue weighted by Crippen LogP contribution is 2.44. The largest absolute Gasteiger partial charge is 0.481 e. The summed E-state index contributed by atoms with van der Waals surface area (Å²) in [5.41, 5.74) is 4.11. The molecule has 1 fully saturated rings. The van der Waals surface area contributed by atoms with Gasteiger partial charge < -0.3 is 20.1 Å². The van der Waals surface area contributed by atoms with Crippen molar-refractivity contribution in [3.05, 3.63) is 59.7 Å². The third kappa shape index (κ3) is 4.90. The Hall–Kier alpha value is -3.35. The topological polar surface area (TPSA) is 95.9 Å². The highest BCUT2D eigenvalue weighted by atomic mass is 16.5. The monoisotopic (exact) mass is 478 g/mol. The third-order valence-electron chi connectivity index (χ3n) is 7.49. The normalized spacial score (nSPS) is 19.2. The molecular weight excluding hydrogens is 444 g/mol. The number of ether oxygens (including phenoxy) is 1. The fourth-order valence-electron chi connectivity index (χ4n) is 5.40. The van der Waals surface area contributed by atoms with Crippen LogP contribution in [0.5, 0.6) is 0 Å². The lowest BCUT2D eigenvalue weighted by Crippen LogP contribution is -2.43. The van der Waals surface area contributed by atoms with E-state index in [1.165, 1.54) is 0 Å². The molecule has 1 heterocycles. The summed E-state index contributed by atoms with van der Waals surface area (Å²) in [5, 5.41) is 12.3. The molecule has 0 spiro atoms. The number of alkyl carbamates (subject to hydrolysis) is 1. The predicted molar refractivity (Wildman–Crippen MR) is 133 cm³/mol. The zero-order valence-electron chi connectivity index (χ0n) is 20.8. The second-order valence-electron chi connectivity index (χ2n) is 10.7. The van der Waals surface area contributed by atoms with E-state index in [9.17, 15) is 19.5 Å². The summed E-state index contributed by atoms with van der Waals surface area (Å²) < 4.78 is 5.60. The van der Waals surface area contributed by atoms with Gasteiger partial charge in [-0.1, -0.05) is 76.2 Å². The lowest BCUT2D eigenvalue weighted by molar-refractivity contribution is -0.144. The molecule has 186 valence electrons. The van der Waals surface area contributed by atoms with Gasteiger partial charge in [0.25, 0.3) is 0 Å².